The zero-order valence-electron chi connectivity index (χ0n) is 51.5. The second kappa shape index (κ2) is 65.6. The Kier molecular flexibility index (Phi) is 63.2. The molecule has 0 fully saturated rings. The van der Waals surface area contributed by atoms with Gasteiger partial charge in [-0.05, 0) is 83.5 Å². The number of rotatable bonds is 62. The molecule has 0 aromatic rings. The maximum atomic E-state index is 12.9. The lowest BCUT2D eigenvalue weighted by atomic mass is 10.0. The van der Waals surface area contributed by atoms with Gasteiger partial charge in [0.05, 0.1) is 0 Å². The van der Waals surface area contributed by atoms with E-state index >= 15 is 0 Å². The van der Waals surface area contributed by atoms with Gasteiger partial charge < -0.3 is 14.2 Å². The molecule has 0 aliphatic rings. The lowest BCUT2D eigenvalue weighted by Crippen LogP contribution is -2.30. The van der Waals surface area contributed by atoms with Gasteiger partial charge in [-0.3, -0.25) is 14.4 Å². The maximum absolute atomic E-state index is 12.9. The van der Waals surface area contributed by atoms with Crippen LogP contribution in [0.25, 0.3) is 0 Å². The van der Waals surface area contributed by atoms with Crippen LogP contribution in [0, 0.1) is 0 Å². The number of ether oxygens (including phenoxy) is 3. The molecule has 0 N–H and O–H groups in total. The van der Waals surface area contributed by atoms with E-state index in [1.807, 2.05) is 0 Å². The second-order valence-corrected chi connectivity index (χ2v) is 22.7. The predicted molar refractivity (Wildman–Crippen MR) is 335 cm³/mol. The molecule has 77 heavy (non-hydrogen) atoms. The molecular formula is C71H128O6. The molecule has 1 unspecified atom stereocenters. The molecule has 0 heterocycles. The fraction of sp³-hybridized carbons (Fsp3) is 0.817. The van der Waals surface area contributed by atoms with Crippen LogP contribution in [0.2, 0.25) is 0 Å². The molecule has 0 radical (unpaired) electrons. The van der Waals surface area contributed by atoms with Crippen LogP contribution in [0.1, 0.15) is 355 Å². The van der Waals surface area contributed by atoms with Crippen LogP contribution in [0.4, 0.5) is 0 Å². The zero-order valence-corrected chi connectivity index (χ0v) is 51.5. The van der Waals surface area contributed by atoms with Crippen molar-refractivity contribution in [2.75, 3.05) is 13.2 Å². The molecule has 0 spiro atoms. The van der Waals surface area contributed by atoms with Crippen molar-refractivity contribution in [2.45, 2.75) is 361 Å². The largest absolute Gasteiger partial charge is 0.462 e. The van der Waals surface area contributed by atoms with Gasteiger partial charge in [-0.15, -0.1) is 0 Å². The van der Waals surface area contributed by atoms with E-state index < -0.39 is 6.10 Å². The Hall–Kier alpha value is -2.89. The number of hydrogen-bond acceptors (Lipinski definition) is 6. The van der Waals surface area contributed by atoms with E-state index in [9.17, 15) is 14.4 Å². The summed E-state index contributed by atoms with van der Waals surface area (Å²) in [6, 6.07) is 0. The molecule has 0 aliphatic heterocycles. The number of allylic oxidation sites excluding steroid dienone is 10. The fourth-order valence-corrected chi connectivity index (χ4v) is 9.96. The van der Waals surface area contributed by atoms with E-state index in [-0.39, 0.29) is 31.1 Å². The minimum absolute atomic E-state index is 0.0775. The van der Waals surface area contributed by atoms with E-state index in [1.54, 1.807) is 0 Å². The van der Waals surface area contributed by atoms with E-state index in [4.69, 9.17) is 14.2 Å². The highest BCUT2D eigenvalue weighted by atomic mass is 16.6. The van der Waals surface area contributed by atoms with E-state index in [2.05, 4.69) is 81.5 Å². The summed E-state index contributed by atoms with van der Waals surface area (Å²) < 4.78 is 17.0. The first kappa shape index (κ1) is 74.1. The van der Waals surface area contributed by atoms with E-state index in [1.165, 1.54) is 212 Å². The van der Waals surface area contributed by atoms with Crippen LogP contribution in [-0.4, -0.2) is 37.2 Å². The topological polar surface area (TPSA) is 78.9 Å². The van der Waals surface area contributed by atoms with Crippen molar-refractivity contribution in [3.63, 3.8) is 0 Å². The number of carbonyl (C=O) groups excluding carboxylic acids is 3. The van der Waals surface area contributed by atoms with Gasteiger partial charge >= 0.3 is 17.9 Å². The molecule has 0 aromatic heterocycles. The highest BCUT2D eigenvalue weighted by Gasteiger charge is 2.19. The summed E-state index contributed by atoms with van der Waals surface area (Å²) >= 11 is 0. The molecule has 6 heteroatoms. The predicted octanol–water partition coefficient (Wildman–Crippen LogP) is 23.1. The smallest absolute Gasteiger partial charge is 0.306 e. The Bertz CT molecular complexity index is 1380. The first-order valence-electron chi connectivity index (χ1n) is 33.8. The van der Waals surface area contributed by atoms with Crippen molar-refractivity contribution < 1.29 is 28.6 Å². The molecule has 0 amide bonds. The summed E-state index contributed by atoms with van der Waals surface area (Å²) in [6.45, 7) is 6.56. The Morgan fingerprint density at radius 2 is 0.506 bits per heavy atom. The van der Waals surface area contributed by atoms with Gasteiger partial charge in [0.25, 0.3) is 0 Å². The summed E-state index contributed by atoms with van der Waals surface area (Å²) in [5, 5.41) is 0. The van der Waals surface area contributed by atoms with Gasteiger partial charge in [0.1, 0.15) is 13.2 Å². The summed E-state index contributed by atoms with van der Waals surface area (Å²) in [7, 11) is 0. The van der Waals surface area contributed by atoms with Gasteiger partial charge in [0, 0.05) is 19.3 Å². The number of carbonyl (C=O) groups is 3. The first-order valence-corrected chi connectivity index (χ1v) is 33.8. The maximum Gasteiger partial charge on any atom is 0.306 e. The van der Waals surface area contributed by atoms with E-state index in [0.717, 1.165) is 103 Å². The molecular weight excluding hydrogens is 949 g/mol. The van der Waals surface area contributed by atoms with Gasteiger partial charge in [0.2, 0.25) is 0 Å². The third-order valence-electron chi connectivity index (χ3n) is 15.0. The number of esters is 3. The molecule has 0 bridgehead atoms. The van der Waals surface area contributed by atoms with Crippen molar-refractivity contribution in [1.82, 2.24) is 0 Å². The monoisotopic (exact) mass is 1080 g/mol. The Morgan fingerprint density at radius 3 is 0.792 bits per heavy atom. The Labute approximate surface area is 479 Å². The second-order valence-electron chi connectivity index (χ2n) is 22.7. The first-order chi connectivity index (χ1) is 38.0. The molecule has 6 nitrogen and oxygen atoms in total. The van der Waals surface area contributed by atoms with Gasteiger partial charge in [-0.2, -0.15) is 0 Å². The van der Waals surface area contributed by atoms with Crippen molar-refractivity contribution in [3.8, 4) is 0 Å². The molecule has 0 saturated heterocycles. The Balaban J connectivity index is 4.32. The van der Waals surface area contributed by atoms with Crippen LogP contribution < -0.4 is 0 Å². The summed E-state index contributed by atoms with van der Waals surface area (Å²) in [6.07, 6.45) is 83.8. The molecule has 0 aliphatic carbocycles. The van der Waals surface area contributed by atoms with E-state index in [0.29, 0.717) is 19.3 Å². The van der Waals surface area contributed by atoms with Crippen LogP contribution in [0.15, 0.2) is 60.8 Å². The summed E-state index contributed by atoms with van der Waals surface area (Å²) in [5.74, 6) is -0.875. The van der Waals surface area contributed by atoms with Crippen LogP contribution in [0.3, 0.4) is 0 Å². The van der Waals surface area contributed by atoms with Gasteiger partial charge in [0.15, 0.2) is 6.10 Å². The third kappa shape index (κ3) is 63.8. The van der Waals surface area contributed by atoms with Gasteiger partial charge in [-0.25, -0.2) is 0 Å². The van der Waals surface area contributed by atoms with Crippen molar-refractivity contribution in [2.24, 2.45) is 0 Å². The minimum atomic E-state index is -0.782. The average molecular weight is 1080 g/mol. The van der Waals surface area contributed by atoms with Crippen molar-refractivity contribution in [3.05, 3.63) is 60.8 Å². The summed E-state index contributed by atoms with van der Waals surface area (Å²) in [4.78, 5) is 38.4. The summed E-state index contributed by atoms with van der Waals surface area (Å²) in [5.41, 5.74) is 0. The Morgan fingerprint density at radius 1 is 0.273 bits per heavy atom. The van der Waals surface area contributed by atoms with Crippen LogP contribution in [-0.2, 0) is 28.6 Å². The van der Waals surface area contributed by atoms with Crippen LogP contribution >= 0.6 is 0 Å². The highest BCUT2D eigenvalue weighted by molar-refractivity contribution is 5.71. The fourth-order valence-electron chi connectivity index (χ4n) is 9.96. The minimum Gasteiger partial charge on any atom is -0.462 e. The normalized spacial score (nSPS) is 12.4. The molecule has 0 saturated carbocycles. The lowest BCUT2D eigenvalue weighted by Gasteiger charge is -2.18. The SMILES string of the molecule is CC/C=C\C/C=C\C/C=C\CCCCCCCC(=O)OCC(COC(=O)CCCCCCCCCCCCC/C=C\C/C=C\CCCCCCC)OC(=O)CCCCCCCCCCCCCCCCCCCCCCC. The van der Waals surface area contributed by atoms with Crippen molar-refractivity contribution >= 4 is 17.9 Å². The standard InChI is InChI=1S/C71H128O6/c1-4-7-10-13-16-19-22-25-28-30-32-34-35-37-38-40-43-46-49-52-55-58-61-64-70(73)76-67-68(66-75-69(72)63-60-57-54-51-48-45-42-27-24-21-18-15-12-9-6-3)77-71(74)65-62-59-56-53-50-47-44-41-39-36-33-31-29-26-23-20-17-14-11-8-5-2/h9,12,18,21-22,25,27,30,32,42,68H,4-8,10-11,13-17,19-20,23-24,26,28-29,31,33-41,43-67H2,1-3H3/b12-9-,21-18-,25-22-,32-30-,42-27-. The quantitative estimate of drug-likeness (QED) is 0.0261. The lowest BCUT2D eigenvalue weighted by molar-refractivity contribution is -0.167. The molecule has 0 aromatic carbocycles. The average Bonchev–Trinajstić information content (AvgIpc) is 3.43. The van der Waals surface area contributed by atoms with Gasteiger partial charge in [-0.1, -0.05) is 313 Å². The molecule has 0 rings (SSSR count). The molecule has 1 atom stereocenters. The van der Waals surface area contributed by atoms with Crippen LogP contribution in [0.5, 0.6) is 0 Å². The van der Waals surface area contributed by atoms with Crippen molar-refractivity contribution in [1.29, 1.82) is 0 Å². The molecule has 448 valence electrons. The third-order valence-corrected chi connectivity index (χ3v) is 15.0. The highest BCUT2D eigenvalue weighted by Crippen LogP contribution is 2.18. The zero-order chi connectivity index (χ0) is 55.7. The number of hydrogen-bond donors (Lipinski definition) is 0. The number of unbranched alkanes of at least 4 members (excludes halogenated alkanes) is 41.